The van der Waals surface area contributed by atoms with Gasteiger partial charge in [-0.25, -0.2) is 0 Å². The van der Waals surface area contributed by atoms with E-state index in [0.717, 1.165) is 5.75 Å². The van der Waals surface area contributed by atoms with E-state index in [2.05, 4.69) is 26.1 Å². The summed E-state index contributed by atoms with van der Waals surface area (Å²) in [5.41, 5.74) is 1.77. The molecule has 0 aliphatic carbocycles. The van der Waals surface area contributed by atoms with Gasteiger partial charge in [-0.15, -0.1) is 0 Å². The van der Waals surface area contributed by atoms with Crippen molar-refractivity contribution in [2.45, 2.75) is 63.7 Å². The molecule has 2 aliphatic heterocycles. The minimum atomic E-state index is -0.628. The molecule has 2 aromatic rings. The zero-order chi connectivity index (χ0) is 26.8. The molecule has 2 amide bonds. The van der Waals surface area contributed by atoms with Gasteiger partial charge in [-0.2, -0.15) is 11.8 Å². The van der Waals surface area contributed by atoms with Crippen molar-refractivity contribution in [2.24, 2.45) is 0 Å². The van der Waals surface area contributed by atoms with Crippen molar-refractivity contribution in [3.8, 4) is 0 Å². The highest BCUT2D eigenvalue weighted by molar-refractivity contribution is 7.98. The number of likely N-dealkylation sites (tertiary alicyclic amines) is 1. The van der Waals surface area contributed by atoms with Crippen LogP contribution in [0.5, 0.6) is 0 Å². The van der Waals surface area contributed by atoms with Crippen molar-refractivity contribution in [2.75, 3.05) is 25.1 Å². The third-order valence-electron chi connectivity index (χ3n) is 7.53. The van der Waals surface area contributed by atoms with Gasteiger partial charge >= 0.3 is 0 Å². The molecule has 1 N–H and O–H groups in total. The lowest BCUT2D eigenvalue weighted by atomic mass is 9.86. The lowest BCUT2D eigenvalue weighted by molar-refractivity contribution is -0.385. The first-order chi connectivity index (χ1) is 17.6. The number of piperidine rings is 1. The number of rotatable bonds is 7. The molecule has 2 heterocycles. The van der Waals surface area contributed by atoms with Gasteiger partial charge in [0.05, 0.1) is 23.2 Å². The maximum Gasteiger partial charge on any atom is 0.274 e. The summed E-state index contributed by atoms with van der Waals surface area (Å²) >= 11 is 1.69. The third-order valence-corrected chi connectivity index (χ3v) is 8.17. The molecule has 2 aromatic carbocycles. The summed E-state index contributed by atoms with van der Waals surface area (Å²) < 4.78 is 0. The predicted octanol–water partition coefficient (Wildman–Crippen LogP) is 4.58. The van der Waals surface area contributed by atoms with Crippen molar-refractivity contribution >= 4 is 29.3 Å². The first-order valence-corrected chi connectivity index (χ1v) is 14.2. The second-order valence-corrected chi connectivity index (χ2v) is 11.9. The van der Waals surface area contributed by atoms with E-state index in [9.17, 15) is 19.7 Å². The number of carbonyl (C=O) groups excluding carboxylic acids is 2. The topological polar surface area (TPSA) is 95.8 Å². The fraction of sp³-hybridized carbons (Fsp3) is 0.500. The average molecular weight is 525 g/mol. The second-order valence-electron chi connectivity index (χ2n) is 10.9. The zero-order valence-corrected chi connectivity index (χ0v) is 22.8. The summed E-state index contributed by atoms with van der Waals surface area (Å²) in [6, 6.07) is 14.1. The summed E-state index contributed by atoms with van der Waals surface area (Å²) in [5, 5.41) is 15.2. The van der Waals surface area contributed by atoms with Gasteiger partial charge in [-0.1, -0.05) is 51.1 Å². The van der Waals surface area contributed by atoms with Crippen LogP contribution in [-0.2, 0) is 16.8 Å². The molecule has 1 atom stereocenters. The number of nitrogens with zero attached hydrogens (tertiary/aromatic N) is 3. The van der Waals surface area contributed by atoms with E-state index in [1.807, 2.05) is 35.4 Å². The predicted molar refractivity (Wildman–Crippen MR) is 147 cm³/mol. The van der Waals surface area contributed by atoms with E-state index in [-0.39, 0.29) is 35.5 Å². The number of carbonyl (C=O) groups is 2. The number of benzene rings is 2. The summed E-state index contributed by atoms with van der Waals surface area (Å²) in [4.78, 5) is 41.7. The quantitative estimate of drug-likeness (QED) is 0.421. The number of hydrogen-bond acceptors (Lipinski definition) is 6. The Hall–Kier alpha value is -2.91. The zero-order valence-electron chi connectivity index (χ0n) is 22.0. The van der Waals surface area contributed by atoms with Crippen LogP contribution in [0.1, 0.15) is 61.5 Å². The van der Waals surface area contributed by atoms with Crippen molar-refractivity contribution < 1.29 is 14.5 Å². The van der Waals surface area contributed by atoms with Crippen LogP contribution in [0.4, 0.5) is 5.69 Å². The Bertz CT molecular complexity index is 1150. The van der Waals surface area contributed by atoms with Gasteiger partial charge < -0.3 is 9.80 Å². The number of nitro groups is 1. The fourth-order valence-corrected chi connectivity index (χ4v) is 5.78. The molecule has 1 unspecified atom stereocenters. The molecule has 2 aliphatic rings. The molecule has 0 bridgehead atoms. The minimum Gasteiger partial charge on any atom is -0.338 e. The molecule has 0 aromatic heterocycles. The minimum absolute atomic E-state index is 0.0104. The Balaban J connectivity index is 1.53. The third kappa shape index (κ3) is 5.67. The molecule has 8 nitrogen and oxygen atoms in total. The normalized spacial score (nSPS) is 19.5. The maximum absolute atomic E-state index is 13.5. The molecule has 198 valence electrons. The van der Waals surface area contributed by atoms with Crippen LogP contribution in [0.2, 0.25) is 0 Å². The van der Waals surface area contributed by atoms with E-state index in [1.54, 1.807) is 34.9 Å². The second kappa shape index (κ2) is 10.8. The van der Waals surface area contributed by atoms with Crippen LogP contribution in [0, 0.1) is 10.1 Å². The highest BCUT2D eigenvalue weighted by Gasteiger charge is 2.51. The van der Waals surface area contributed by atoms with Gasteiger partial charge in [-0.3, -0.25) is 25.0 Å². The highest BCUT2D eigenvalue weighted by atomic mass is 32.2. The lowest BCUT2D eigenvalue weighted by Crippen LogP contribution is -2.59. The maximum atomic E-state index is 13.5. The van der Waals surface area contributed by atoms with E-state index in [1.165, 1.54) is 11.6 Å². The molecule has 9 heteroatoms. The monoisotopic (exact) mass is 524 g/mol. The van der Waals surface area contributed by atoms with Gasteiger partial charge in [0.25, 0.3) is 11.6 Å². The number of nitrogens with one attached hydrogen (secondary N) is 1. The van der Waals surface area contributed by atoms with Crippen LogP contribution in [0.25, 0.3) is 0 Å². The van der Waals surface area contributed by atoms with Crippen molar-refractivity contribution in [3.05, 3.63) is 75.3 Å². The van der Waals surface area contributed by atoms with E-state index >= 15 is 0 Å². The largest absolute Gasteiger partial charge is 0.338 e. The number of nitro benzene ring substituents is 1. The molecular formula is C28H36N4O4S. The average Bonchev–Trinajstić information content (AvgIpc) is 3.12. The number of amides is 2. The number of hydrogen-bond donors (Lipinski definition) is 1. The van der Waals surface area contributed by atoms with Crippen molar-refractivity contribution in [3.63, 3.8) is 0 Å². The van der Waals surface area contributed by atoms with E-state index in [4.69, 9.17) is 0 Å². The Labute approximate surface area is 222 Å². The summed E-state index contributed by atoms with van der Waals surface area (Å²) in [6.45, 7) is 7.61. The molecular weight excluding hydrogens is 488 g/mol. The van der Waals surface area contributed by atoms with Gasteiger partial charge in [0, 0.05) is 43.1 Å². The lowest BCUT2D eigenvalue weighted by Gasteiger charge is -2.44. The van der Waals surface area contributed by atoms with Gasteiger partial charge in [-0.05, 0) is 41.5 Å². The summed E-state index contributed by atoms with van der Waals surface area (Å²) in [5.74, 6) is 0.808. The van der Waals surface area contributed by atoms with E-state index in [0.29, 0.717) is 43.5 Å². The van der Waals surface area contributed by atoms with Gasteiger partial charge in [0.15, 0.2) is 0 Å². The standard InChI is InChI=1S/C28H36N4O4S/c1-27(2,3)22-11-9-20(10-12-22)25(33)30-16-14-28(15-17-30)29-23(13-18-37-4)26(34)31(28)19-21-7-5-6-8-24(21)32(35)36/h5-12,23,29H,13-19H2,1-4H3. The van der Waals surface area contributed by atoms with Crippen LogP contribution < -0.4 is 5.32 Å². The molecule has 2 saturated heterocycles. The molecule has 0 saturated carbocycles. The Morgan fingerprint density at radius 1 is 1.14 bits per heavy atom. The Morgan fingerprint density at radius 2 is 1.78 bits per heavy atom. The number of para-hydroxylation sites is 1. The highest BCUT2D eigenvalue weighted by Crippen LogP contribution is 2.36. The summed E-state index contributed by atoms with van der Waals surface area (Å²) in [6.07, 6.45) is 3.85. The Morgan fingerprint density at radius 3 is 2.38 bits per heavy atom. The van der Waals surface area contributed by atoms with Crippen LogP contribution in [-0.4, -0.2) is 63.3 Å². The Kier molecular flexibility index (Phi) is 7.94. The van der Waals surface area contributed by atoms with Gasteiger partial charge in [0.1, 0.15) is 0 Å². The van der Waals surface area contributed by atoms with Crippen LogP contribution in [0.3, 0.4) is 0 Å². The fourth-order valence-electron chi connectivity index (χ4n) is 5.31. The van der Waals surface area contributed by atoms with Crippen molar-refractivity contribution in [1.29, 1.82) is 0 Å². The number of thioether (sulfide) groups is 1. The van der Waals surface area contributed by atoms with Crippen molar-refractivity contribution in [1.82, 2.24) is 15.1 Å². The molecule has 0 radical (unpaired) electrons. The SMILES string of the molecule is CSCCC1NC2(CCN(C(=O)c3ccc(C(C)(C)C)cc3)CC2)N(Cc2ccccc2[N+](=O)[O-])C1=O. The first-order valence-electron chi connectivity index (χ1n) is 12.8. The first kappa shape index (κ1) is 27.1. The summed E-state index contributed by atoms with van der Waals surface area (Å²) in [7, 11) is 0. The van der Waals surface area contributed by atoms with Crippen LogP contribution >= 0.6 is 11.8 Å². The molecule has 4 rings (SSSR count). The molecule has 37 heavy (non-hydrogen) atoms. The molecule has 1 spiro atoms. The smallest absolute Gasteiger partial charge is 0.274 e. The molecule has 2 fully saturated rings. The van der Waals surface area contributed by atoms with Crippen LogP contribution in [0.15, 0.2) is 48.5 Å². The van der Waals surface area contributed by atoms with E-state index < -0.39 is 10.6 Å². The van der Waals surface area contributed by atoms with Gasteiger partial charge in [0.2, 0.25) is 5.91 Å².